The van der Waals surface area contributed by atoms with E-state index in [9.17, 15) is 13.2 Å². The van der Waals surface area contributed by atoms with Gasteiger partial charge in [-0.15, -0.1) is 19.8 Å². The number of nitrogens with one attached hydrogen (secondary N) is 1. The summed E-state index contributed by atoms with van der Waals surface area (Å²) in [6.45, 7) is 9.37. The summed E-state index contributed by atoms with van der Waals surface area (Å²) in [7, 11) is 0. The topological polar surface area (TPSA) is 24.5 Å². The number of hydrogen-bond acceptors (Lipinski definition) is 3. The number of benzene rings is 1. The van der Waals surface area contributed by atoms with Gasteiger partial charge < -0.3 is 10.1 Å². The van der Waals surface area contributed by atoms with Gasteiger partial charge in [-0.25, -0.2) is 0 Å². The van der Waals surface area contributed by atoms with Gasteiger partial charge in [0.1, 0.15) is 5.75 Å². The average molecular weight is 314 g/mol. The summed E-state index contributed by atoms with van der Waals surface area (Å²) in [5.74, 6) is -0.174. The molecule has 6 heteroatoms. The van der Waals surface area contributed by atoms with Crippen molar-refractivity contribution in [2.45, 2.75) is 25.7 Å². The van der Waals surface area contributed by atoms with Gasteiger partial charge in [0.15, 0.2) is 0 Å². The molecule has 1 saturated heterocycles. The normalized spacial score (nSPS) is 18.0. The molecular formula is C16H21F3N2O. The molecule has 1 fully saturated rings. The minimum atomic E-state index is -4.67. The summed E-state index contributed by atoms with van der Waals surface area (Å²) in [4.78, 5) is 2.28. The maximum Gasteiger partial charge on any atom is 0.573 e. The fourth-order valence-electron chi connectivity index (χ4n) is 2.70. The van der Waals surface area contributed by atoms with Crippen molar-refractivity contribution in [3.05, 3.63) is 42.0 Å². The van der Waals surface area contributed by atoms with Crippen LogP contribution in [0.3, 0.4) is 0 Å². The van der Waals surface area contributed by atoms with Crippen molar-refractivity contribution in [2.75, 3.05) is 26.2 Å². The zero-order valence-electron chi connectivity index (χ0n) is 12.6. The van der Waals surface area contributed by atoms with Crippen LogP contribution in [0.15, 0.2) is 36.4 Å². The quantitative estimate of drug-likeness (QED) is 0.842. The molecule has 1 aliphatic rings. The summed E-state index contributed by atoms with van der Waals surface area (Å²) in [6, 6.07) is 6.27. The molecule has 0 unspecified atom stereocenters. The summed E-state index contributed by atoms with van der Waals surface area (Å²) < 4.78 is 41.2. The Kier molecular flexibility index (Phi) is 5.47. The Morgan fingerprint density at radius 1 is 1.36 bits per heavy atom. The van der Waals surface area contributed by atoms with Crippen molar-refractivity contribution < 1.29 is 17.9 Å². The largest absolute Gasteiger partial charge is 0.573 e. The molecule has 1 aromatic rings. The third kappa shape index (κ3) is 5.03. The number of piperazine rings is 1. The Labute approximate surface area is 128 Å². The molecular weight excluding hydrogens is 293 g/mol. The van der Waals surface area contributed by atoms with Crippen molar-refractivity contribution >= 4 is 0 Å². The highest BCUT2D eigenvalue weighted by atomic mass is 19.4. The number of hydrogen-bond donors (Lipinski definition) is 1. The van der Waals surface area contributed by atoms with E-state index in [4.69, 9.17) is 0 Å². The van der Waals surface area contributed by atoms with Crippen LogP contribution in [0, 0.1) is 0 Å². The first kappa shape index (κ1) is 16.8. The minimum absolute atomic E-state index is 0.0244. The van der Waals surface area contributed by atoms with E-state index in [0.717, 1.165) is 43.7 Å². The summed E-state index contributed by atoms with van der Waals surface area (Å²) in [6.07, 6.45) is -3.95. The molecule has 1 N–H and O–H groups in total. The van der Waals surface area contributed by atoms with E-state index in [1.807, 2.05) is 13.0 Å². The van der Waals surface area contributed by atoms with Crippen LogP contribution in [0.2, 0.25) is 0 Å². The first-order valence-electron chi connectivity index (χ1n) is 7.30. The Morgan fingerprint density at radius 3 is 2.64 bits per heavy atom. The van der Waals surface area contributed by atoms with Crippen molar-refractivity contribution in [1.29, 1.82) is 0 Å². The van der Waals surface area contributed by atoms with Gasteiger partial charge in [-0.3, -0.25) is 4.90 Å². The Hall–Kier alpha value is -1.53. The molecule has 0 radical (unpaired) electrons. The lowest BCUT2D eigenvalue weighted by molar-refractivity contribution is -0.274. The van der Waals surface area contributed by atoms with Crippen LogP contribution in [-0.2, 0) is 0 Å². The zero-order valence-corrected chi connectivity index (χ0v) is 12.6. The molecule has 1 heterocycles. The highest BCUT2D eigenvalue weighted by molar-refractivity contribution is 5.31. The monoisotopic (exact) mass is 314 g/mol. The summed E-state index contributed by atoms with van der Waals surface area (Å²) >= 11 is 0. The predicted molar refractivity (Wildman–Crippen MR) is 79.7 cm³/mol. The lowest BCUT2D eigenvalue weighted by atomic mass is 9.98. The molecule has 1 aromatic carbocycles. The number of nitrogens with zero attached hydrogens (tertiary/aromatic N) is 1. The van der Waals surface area contributed by atoms with Gasteiger partial charge in [-0.05, 0) is 31.0 Å². The van der Waals surface area contributed by atoms with E-state index >= 15 is 0 Å². The first-order chi connectivity index (χ1) is 10.3. The van der Waals surface area contributed by atoms with E-state index in [0.29, 0.717) is 0 Å². The number of ether oxygens (including phenoxy) is 1. The van der Waals surface area contributed by atoms with E-state index in [2.05, 4.69) is 21.5 Å². The second-order valence-corrected chi connectivity index (χ2v) is 5.58. The van der Waals surface area contributed by atoms with Gasteiger partial charge in [0, 0.05) is 32.2 Å². The third-order valence-electron chi connectivity index (χ3n) is 3.61. The Morgan fingerprint density at radius 2 is 2.05 bits per heavy atom. The molecule has 0 aromatic heterocycles. The van der Waals surface area contributed by atoms with Gasteiger partial charge in [-0.2, -0.15) is 0 Å². The summed E-state index contributed by atoms with van der Waals surface area (Å²) in [5.41, 5.74) is 1.83. The van der Waals surface area contributed by atoms with Crippen LogP contribution in [0.4, 0.5) is 13.2 Å². The number of rotatable bonds is 5. The molecule has 22 heavy (non-hydrogen) atoms. The molecule has 3 nitrogen and oxygen atoms in total. The van der Waals surface area contributed by atoms with E-state index < -0.39 is 6.36 Å². The van der Waals surface area contributed by atoms with Crippen molar-refractivity contribution in [3.63, 3.8) is 0 Å². The highest BCUT2D eigenvalue weighted by Crippen LogP contribution is 2.31. The Bertz CT molecular complexity index is 510. The van der Waals surface area contributed by atoms with Crippen molar-refractivity contribution in [3.8, 4) is 5.75 Å². The zero-order chi connectivity index (χ0) is 16.2. The van der Waals surface area contributed by atoms with Crippen molar-refractivity contribution in [2.24, 2.45) is 0 Å². The molecule has 0 bridgehead atoms. The smallest absolute Gasteiger partial charge is 0.406 e. The first-order valence-corrected chi connectivity index (χ1v) is 7.30. The van der Waals surface area contributed by atoms with E-state index in [1.165, 1.54) is 12.1 Å². The fraction of sp³-hybridized carbons (Fsp3) is 0.500. The number of alkyl halides is 3. The molecule has 2 rings (SSSR count). The maximum absolute atomic E-state index is 12.4. The van der Waals surface area contributed by atoms with Crippen LogP contribution < -0.4 is 10.1 Å². The Balaban J connectivity index is 2.22. The van der Waals surface area contributed by atoms with Crippen LogP contribution in [0.25, 0.3) is 0 Å². The van der Waals surface area contributed by atoms with E-state index in [-0.39, 0.29) is 11.8 Å². The van der Waals surface area contributed by atoms with Crippen LogP contribution in [-0.4, -0.2) is 37.4 Å². The standard InChI is InChI=1S/C16H21F3N2O/c1-12(2)10-15(21-8-6-20-7-9-21)13-4-3-5-14(11-13)22-16(17,18)19/h3-5,11,15,20H,1,6-10H2,2H3/t15-/m0/s1. The van der Waals surface area contributed by atoms with Gasteiger partial charge in [0.05, 0.1) is 0 Å². The number of halogens is 3. The fourth-order valence-corrected chi connectivity index (χ4v) is 2.70. The molecule has 0 saturated carbocycles. The van der Waals surface area contributed by atoms with Crippen LogP contribution in [0.1, 0.15) is 24.9 Å². The van der Waals surface area contributed by atoms with Gasteiger partial charge in [0.2, 0.25) is 0 Å². The van der Waals surface area contributed by atoms with Gasteiger partial charge >= 0.3 is 6.36 Å². The van der Waals surface area contributed by atoms with Crippen LogP contribution >= 0.6 is 0 Å². The van der Waals surface area contributed by atoms with Crippen LogP contribution in [0.5, 0.6) is 5.75 Å². The molecule has 0 spiro atoms. The lowest BCUT2D eigenvalue weighted by Gasteiger charge is -2.35. The maximum atomic E-state index is 12.4. The van der Waals surface area contributed by atoms with E-state index in [1.54, 1.807) is 6.07 Å². The van der Waals surface area contributed by atoms with Gasteiger partial charge in [-0.1, -0.05) is 17.7 Å². The molecule has 1 atom stereocenters. The predicted octanol–water partition coefficient (Wildman–Crippen LogP) is 3.50. The second-order valence-electron chi connectivity index (χ2n) is 5.58. The van der Waals surface area contributed by atoms with Gasteiger partial charge in [0.25, 0.3) is 0 Å². The summed E-state index contributed by atoms with van der Waals surface area (Å²) in [5, 5.41) is 3.28. The highest BCUT2D eigenvalue weighted by Gasteiger charge is 2.31. The molecule has 1 aliphatic heterocycles. The van der Waals surface area contributed by atoms with Crippen molar-refractivity contribution in [1.82, 2.24) is 10.2 Å². The molecule has 0 amide bonds. The molecule has 122 valence electrons. The minimum Gasteiger partial charge on any atom is -0.406 e. The third-order valence-corrected chi connectivity index (χ3v) is 3.61. The lowest BCUT2D eigenvalue weighted by Crippen LogP contribution is -2.45. The molecule has 0 aliphatic carbocycles. The average Bonchev–Trinajstić information content (AvgIpc) is 2.44. The SMILES string of the molecule is C=C(C)C[C@@H](c1cccc(OC(F)(F)F)c1)N1CCNCC1. The second kappa shape index (κ2) is 7.15.